The van der Waals surface area contributed by atoms with Gasteiger partial charge >= 0.3 is 9.28 Å². The van der Waals surface area contributed by atoms with Gasteiger partial charge in [0.05, 0.1) is 33.0 Å². The molecule has 1 atom stereocenters. The lowest BCUT2D eigenvalue weighted by Gasteiger charge is -2.35. The van der Waals surface area contributed by atoms with Gasteiger partial charge in [0.15, 0.2) is 5.12 Å². The van der Waals surface area contributed by atoms with Gasteiger partial charge in [0.25, 0.3) is 0 Å². The lowest BCUT2D eigenvalue weighted by molar-refractivity contribution is -0.111. The molecule has 6 nitrogen and oxygen atoms in total. The third-order valence-electron chi connectivity index (χ3n) is 16.0. The van der Waals surface area contributed by atoms with E-state index in [1.54, 1.807) is 11.8 Å². The van der Waals surface area contributed by atoms with Crippen LogP contribution in [0.25, 0.3) is 0 Å². The molecule has 0 aliphatic carbocycles. The molecule has 0 amide bonds. The molecule has 8 heteroatoms. The average Bonchev–Trinajstić information content (AvgIpc) is 3.41. The molecule has 0 radical (unpaired) electrons. The van der Waals surface area contributed by atoms with Crippen molar-refractivity contribution in [3.63, 3.8) is 0 Å². The van der Waals surface area contributed by atoms with Crippen LogP contribution in [0.5, 0.6) is 0 Å². The van der Waals surface area contributed by atoms with E-state index < -0.39 is 9.28 Å². The predicted molar refractivity (Wildman–Crippen MR) is 333 cm³/mol. The van der Waals surface area contributed by atoms with Crippen molar-refractivity contribution >= 4 is 26.2 Å². The summed E-state index contributed by atoms with van der Waals surface area (Å²) < 4.78 is 25.2. The highest BCUT2D eigenvalue weighted by Gasteiger charge is 2.30. The Kier molecular flexibility index (Phi) is 63.9. The predicted octanol–water partition coefficient (Wildman–Crippen LogP) is 21.5. The smallest absolute Gasteiger partial charge is 0.321 e. The maximum Gasteiger partial charge on any atom is 0.321 e. The molecule has 0 aromatic carbocycles. The molecule has 0 aliphatic rings. The van der Waals surface area contributed by atoms with E-state index in [0.717, 1.165) is 57.1 Å². The van der Waals surface area contributed by atoms with Crippen molar-refractivity contribution in [2.75, 3.05) is 52.4 Å². The molecule has 0 bridgehead atoms. The number of nitrogens with one attached hydrogen (secondary N) is 1. The van der Waals surface area contributed by atoms with E-state index in [4.69, 9.17) is 18.3 Å². The van der Waals surface area contributed by atoms with Gasteiger partial charge in [-0.2, -0.15) is 0 Å². The summed E-state index contributed by atoms with van der Waals surface area (Å²) in [6.45, 7) is 13.1. The molecule has 0 aliphatic heterocycles. The maximum absolute atomic E-state index is 12.9. The largest absolute Gasteiger partial charge is 0.395 e. The third-order valence-corrected chi connectivity index (χ3v) is 19.0. The van der Waals surface area contributed by atoms with E-state index >= 15 is 0 Å². The van der Waals surface area contributed by atoms with Gasteiger partial charge in [0, 0.05) is 24.3 Å². The first kappa shape index (κ1) is 74.0. The number of rotatable bonds is 66. The Morgan fingerprint density at radius 3 is 1.03 bits per heavy atom. The number of hydrogen-bond donors (Lipinski definition) is 1. The van der Waals surface area contributed by atoms with E-state index in [0.29, 0.717) is 31.5 Å². The van der Waals surface area contributed by atoms with Gasteiger partial charge in [-0.3, -0.25) is 4.79 Å². The minimum Gasteiger partial charge on any atom is -0.395 e. The van der Waals surface area contributed by atoms with Crippen LogP contribution in [-0.4, -0.2) is 72.4 Å². The molecule has 0 saturated carbocycles. The summed E-state index contributed by atoms with van der Waals surface area (Å²) in [5, 5.41) is 4.24. The Morgan fingerprint density at radius 1 is 0.365 bits per heavy atom. The van der Waals surface area contributed by atoms with Crippen LogP contribution in [0.1, 0.15) is 355 Å². The second kappa shape index (κ2) is 63.9. The van der Waals surface area contributed by atoms with Crippen LogP contribution < -0.4 is 5.32 Å². The minimum absolute atomic E-state index is 0.00839. The Hall–Kier alpha value is 0.0369. The van der Waals surface area contributed by atoms with Crippen LogP contribution in [-0.2, 0) is 23.1 Å². The van der Waals surface area contributed by atoms with Gasteiger partial charge < -0.3 is 23.6 Å². The lowest BCUT2D eigenvalue weighted by atomic mass is 9.87. The van der Waals surface area contributed by atoms with Gasteiger partial charge in [-0.05, 0) is 45.2 Å². The number of thioether (sulfide) groups is 1. The van der Waals surface area contributed by atoms with E-state index in [1.165, 1.54) is 295 Å². The second-order valence-corrected chi connectivity index (χ2v) is 26.4. The summed E-state index contributed by atoms with van der Waals surface area (Å²) in [5.41, 5.74) is -0.00839. The average molecular weight is 1080 g/mol. The zero-order chi connectivity index (χ0) is 53.6. The number of hydrogen-bond acceptors (Lipinski definition) is 7. The number of ether oxygens (including phenoxy) is 2. The molecule has 0 spiro atoms. The van der Waals surface area contributed by atoms with Crippen molar-refractivity contribution in [2.45, 2.75) is 367 Å². The molecule has 444 valence electrons. The molecule has 1 unspecified atom stereocenters. The van der Waals surface area contributed by atoms with Gasteiger partial charge in [0.2, 0.25) is 0 Å². The maximum atomic E-state index is 12.9. The highest BCUT2D eigenvalue weighted by atomic mass is 32.2. The fourth-order valence-corrected chi connectivity index (χ4v) is 13.6. The van der Waals surface area contributed by atoms with Crippen LogP contribution in [0.15, 0.2) is 0 Å². The van der Waals surface area contributed by atoms with E-state index in [1.807, 2.05) is 0 Å². The highest BCUT2D eigenvalue weighted by molar-refractivity contribution is 8.13. The summed E-state index contributed by atoms with van der Waals surface area (Å²) >= 11 is 1.55. The van der Waals surface area contributed by atoms with E-state index in [9.17, 15) is 4.79 Å². The Labute approximate surface area is 471 Å². The van der Waals surface area contributed by atoms with Crippen molar-refractivity contribution < 1.29 is 23.1 Å². The van der Waals surface area contributed by atoms with Crippen molar-refractivity contribution in [1.29, 1.82) is 0 Å². The molecule has 0 saturated heterocycles. The highest BCUT2D eigenvalue weighted by Crippen LogP contribution is 2.26. The minimum atomic E-state index is -1.97. The topological polar surface area (TPSA) is 66.0 Å². The van der Waals surface area contributed by atoms with Crippen LogP contribution in [0.2, 0.25) is 6.04 Å². The lowest BCUT2D eigenvalue weighted by Crippen LogP contribution is -2.49. The van der Waals surface area contributed by atoms with Gasteiger partial charge in [0.1, 0.15) is 0 Å². The van der Waals surface area contributed by atoms with Crippen molar-refractivity contribution in [1.82, 2.24) is 5.32 Å². The Balaban J connectivity index is 5.02. The molecule has 1 N–H and O–H groups in total. The van der Waals surface area contributed by atoms with Gasteiger partial charge in [-0.1, -0.05) is 328 Å². The summed E-state index contributed by atoms with van der Waals surface area (Å²) in [6.07, 6.45) is 68.6. The number of likely N-dealkylation sites (N-methyl/N-ethyl adjacent to an activating group) is 1. The molecule has 0 rings (SSSR count). The Bertz CT molecular complexity index is 1020. The van der Waals surface area contributed by atoms with Crippen molar-refractivity contribution in [2.24, 2.45) is 0 Å². The number of carbonyl (C=O) groups is 1. The molecular formula is C66H135NO5SSi. The summed E-state index contributed by atoms with van der Waals surface area (Å²) in [4.78, 5) is 12.9. The van der Waals surface area contributed by atoms with Crippen LogP contribution in [0.4, 0.5) is 0 Å². The fraction of sp³-hybridized carbons (Fsp3) is 0.985. The summed E-state index contributed by atoms with van der Waals surface area (Å²) in [6, 6.07) is 0.942. The van der Waals surface area contributed by atoms with Crippen molar-refractivity contribution in [3.8, 4) is 0 Å². The molecular weight excluding hydrogens is 947 g/mol. The summed E-state index contributed by atoms with van der Waals surface area (Å²) in [5.74, 6) is 0.870. The zero-order valence-corrected chi connectivity index (χ0v) is 53.2. The SMILES string of the molecule is CCCCCCCCCCCCCCCCCCC(CCCCCCCCCCCCCCCCCC)(CO[SiH](CCCSC(=O)CCCCCCCCCCCCCCC)OCCOCCOCCCC)NC. The quantitative estimate of drug-likeness (QED) is 0.0481. The number of unbranched alkanes of at least 4 members (excludes halogenated alkanes) is 43. The van der Waals surface area contributed by atoms with Crippen LogP contribution >= 0.6 is 11.8 Å². The van der Waals surface area contributed by atoms with Crippen molar-refractivity contribution in [3.05, 3.63) is 0 Å². The molecule has 0 fully saturated rings. The Morgan fingerprint density at radius 2 is 0.676 bits per heavy atom. The number of carbonyl (C=O) groups excluding carboxylic acids is 1. The second-order valence-electron chi connectivity index (χ2n) is 23.2. The van der Waals surface area contributed by atoms with Gasteiger partial charge in [-0.25, -0.2) is 0 Å². The molecule has 0 aromatic heterocycles. The first-order valence-electron chi connectivity index (χ1n) is 33.8. The third kappa shape index (κ3) is 56.7. The standard InChI is InChI=1S/C66H135NO5SSi/c1-6-10-14-17-20-23-26-29-31-33-36-39-42-45-48-51-55-66(67-5,56-52-49-46-43-40-37-34-32-30-27-24-21-18-15-11-7-2)64-72-74(71-61-60-70-59-58-69-57-13-9-4)63-53-62-73-65(68)54-50-47-44-41-38-35-28-25-22-19-16-12-8-3/h67,74H,6-64H2,1-5H3. The normalized spacial score (nSPS) is 12.4. The van der Waals surface area contributed by atoms with E-state index in [2.05, 4.69) is 40.1 Å². The van der Waals surface area contributed by atoms with Crippen LogP contribution in [0, 0.1) is 0 Å². The van der Waals surface area contributed by atoms with Gasteiger partial charge in [-0.15, -0.1) is 0 Å². The molecule has 74 heavy (non-hydrogen) atoms. The zero-order valence-electron chi connectivity index (χ0n) is 51.2. The molecule has 0 heterocycles. The van der Waals surface area contributed by atoms with E-state index in [-0.39, 0.29) is 5.54 Å². The molecule has 0 aromatic rings. The first-order chi connectivity index (χ1) is 36.6. The van der Waals surface area contributed by atoms with Crippen LogP contribution in [0.3, 0.4) is 0 Å². The first-order valence-corrected chi connectivity index (χ1v) is 36.5. The monoisotopic (exact) mass is 1080 g/mol. The summed E-state index contributed by atoms with van der Waals surface area (Å²) in [7, 11) is 0.216. The fourth-order valence-electron chi connectivity index (χ4n) is 10.7.